The molecule has 0 radical (unpaired) electrons. The molecule has 2 aromatic carbocycles. The molecule has 0 amide bonds. The van der Waals surface area contributed by atoms with E-state index >= 15 is 0 Å². The summed E-state index contributed by atoms with van der Waals surface area (Å²) in [7, 11) is 0. The van der Waals surface area contributed by atoms with Crippen molar-refractivity contribution in [1.82, 2.24) is 0 Å². The first-order valence-electron chi connectivity index (χ1n) is 4.58. The van der Waals surface area contributed by atoms with Gasteiger partial charge in [-0.3, -0.25) is 0 Å². The summed E-state index contributed by atoms with van der Waals surface area (Å²) < 4.78 is 13.1. The second-order valence-electron chi connectivity index (χ2n) is 3.38. The van der Waals surface area contributed by atoms with Crippen LogP contribution in [0.5, 0.6) is 0 Å². The highest BCUT2D eigenvalue weighted by Gasteiger charge is 1.99. The van der Waals surface area contributed by atoms with E-state index in [-0.39, 0.29) is 5.82 Å². The quantitative estimate of drug-likeness (QED) is 0.635. The van der Waals surface area contributed by atoms with Gasteiger partial charge in [-0.2, -0.15) is 0 Å². The summed E-state index contributed by atoms with van der Waals surface area (Å²) in [6.07, 6.45) is 0. The third kappa shape index (κ3) is 1.82. The van der Waals surface area contributed by atoms with Crippen LogP contribution < -0.4 is 0 Å². The van der Waals surface area contributed by atoms with Gasteiger partial charge < -0.3 is 0 Å². The molecule has 0 aliphatic carbocycles. The van der Waals surface area contributed by atoms with Gasteiger partial charge in [0, 0.05) is 0 Å². The number of hydrogen-bond donors (Lipinski definition) is 0. The Labute approximate surface area is 83.0 Å². The van der Waals surface area contributed by atoms with Gasteiger partial charge >= 0.3 is 0 Å². The fourth-order valence-electron chi connectivity index (χ4n) is 1.53. The van der Waals surface area contributed by atoms with Gasteiger partial charge in [0.15, 0.2) is 0 Å². The molecule has 0 bridgehead atoms. The smallest absolute Gasteiger partial charge is 0.124 e. The molecule has 0 saturated heterocycles. The summed E-state index contributed by atoms with van der Waals surface area (Å²) >= 11 is 0. The lowest BCUT2D eigenvalue weighted by atomic mass is 10.0. The fraction of sp³-hybridized carbons (Fsp3) is 0.0769. The van der Waals surface area contributed by atoms with Crippen LogP contribution in [0.15, 0.2) is 48.5 Å². The van der Waals surface area contributed by atoms with Crippen molar-refractivity contribution < 1.29 is 4.39 Å². The molecule has 0 nitrogen and oxygen atoms in total. The van der Waals surface area contributed by atoms with Crippen LogP contribution in [0.2, 0.25) is 0 Å². The molecule has 14 heavy (non-hydrogen) atoms. The minimum Gasteiger partial charge on any atom is -0.207 e. The van der Waals surface area contributed by atoms with Gasteiger partial charge in [-0.15, -0.1) is 0 Å². The minimum atomic E-state index is -0.177. The molecule has 1 heteroatoms. The van der Waals surface area contributed by atoms with E-state index in [9.17, 15) is 4.39 Å². The number of halogens is 1. The van der Waals surface area contributed by atoms with Gasteiger partial charge in [0.25, 0.3) is 0 Å². The van der Waals surface area contributed by atoms with E-state index in [2.05, 4.69) is 0 Å². The number of benzene rings is 2. The maximum absolute atomic E-state index is 13.1. The van der Waals surface area contributed by atoms with Crippen molar-refractivity contribution in [1.29, 1.82) is 0 Å². The van der Waals surface area contributed by atoms with Crippen LogP contribution in [0.4, 0.5) is 4.39 Å². The second-order valence-corrected chi connectivity index (χ2v) is 3.38. The predicted octanol–water partition coefficient (Wildman–Crippen LogP) is 3.80. The second kappa shape index (κ2) is 3.62. The molecule has 0 atom stereocenters. The van der Waals surface area contributed by atoms with Crippen LogP contribution in [0.3, 0.4) is 0 Å². The van der Waals surface area contributed by atoms with Crippen LogP contribution in [-0.2, 0) is 0 Å². The SMILES string of the molecule is Cc1cc(F)cc(-c2ccccc2)c1. The van der Waals surface area contributed by atoms with Gasteiger partial charge in [-0.05, 0) is 35.7 Å². The molecule has 0 fully saturated rings. The van der Waals surface area contributed by atoms with E-state index in [1.807, 2.05) is 43.3 Å². The lowest BCUT2D eigenvalue weighted by Crippen LogP contribution is -1.82. The summed E-state index contributed by atoms with van der Waals surface area (Å²) in [4.78, 5) is 0. The number of rotatable bonds is 1. The number of aryl methyl sites for hydroxylation is 1. The van der Waals surface area contributed by atoms with Crippen molar-refractivity contribution in [2.45, 2.75) is 6.92 Å². The van der Waals surface area contributed by atoms with Gasteiger partial charge in [0.1, 0.15) is 5.82 Å². The van der Waals surface area contributed by atoms with Crippen molar-refractivity contribution in [2.24, 2.45) is 0 Å². The first-order chi connectivity index (χ1) is 6.75. The van der Waals surface area contributed by atoms with Gasteiger partial charge in [-0.1, -0.05) is 36.4 Å². The Kier molecular flexibility index (Phi) is 2.32. The maximum Gasteiger partial charge on any atom is 0.124 e. The minimum absolute atomic E-state index is 0.177. The monoisotopic (exact) mass is 186 g/mol. The summed E-state index contributed by atoms with van der Waals surface area (Å²) in [5.41, 5.74) is 2.93. The molecule has 0 aromatic heterocycles. The Bertz CT molecular complexity index is 412. The average molecular weight is 186 g/mol. The van der Waals surface area contributed by atoms with Crippen LogP contribution in [0.25, 0.3) is 11.1 Å². The standard InChI is InChI=1S/C13H11F/c1-10-7-12(9-13(14)8-10)11-5-3-2-4-6-11/h2-9H,1H3. The zero-order chi connectivity index (χ0) is 9.97. The third-order valence-corrected chi connectivity index (χ3v) is 2.15. The van der Waals surface area contributed by atoms with Gasteiger partial charge in [-0.25, -0.2) is 4.39 Å². The Morgan fingerprint density at radius 3 is 2.21 bits per heavy atom. The predicted molar refractivity (Wildman–Crippen MR) is 56.6 cm³/mol. The first kappa shape index (κ1) is 8.95. The van der Waals surface area contributed by atoms with E-state index in [1.165, 1.54) is 6.07 Å². The van der Waals surface area contributed by atoms with E-state index < -0.39 is 0 Å². The van der Waals surface area contributed by atoms with Gasteiger partial charge in [0.2, 0.25) is 0 Å². The molecule has 70 valence electrons. The molecule has 0 aliphatic rings. The lowest BCUT2D eigenvalue weighted by Gasteiger charge is -2.02. The lowest BCUT2D eigenvalue weighted by molar-refractivity contribution is 0.627. The summed E-state index contributed by atoms with van der Waals surface area (Å²) in [6.45, 7) is 1.90. The maximum atomic E-state index is 13.1. The molecule has 0 heterocycles. The highest BCUT2D eigenvalue weighted by Crippen LogP contribution is 2.21. The summed E-state index contributed by atoms with van der Waals surface area (Å²) in [6, 6.07) is 14.9. The molecule has 0 saturated carbocycles. The highest BCUT2D eigenvalue weighted by molar-refractivity contribution is 5.63. The Morgan fingerprint density at radius 1 is 0.857 bits per heavy atom. The molecular weight excluding hydrogens is 175 g/mol. The van der Waals surface area contributed by atoms with E-state index in [4.69, 9.17) is 0 Å². The normalized spacial score (nSPS) is 10.1. The largest absolute Gasteiger partial charge is 0.207 e. The van der Waals surface area contributed by atoms with Crippen molar-refractivity contribution in [3.8, 4) is 11.1 Å². The molecule has 0 N–H and O–H groups in total. The highest BCUT2D eigenvalue weighted by atomic mass is 19.1. The van der Waals surface area contributed by atoms with Crippen LogP contribution in [0.1, 0.15) is 5.56 Å². The third-order valence-electron chi connectivity index (χ3n) is 2.15. The Hall–Kier alpha value is -1.63. The molecule has 2 rings (SSSR count). The Morgan fingerprint density at radius 2 is 1.57 bits per heavy atom. The van der Waals surface area contributed by atoms with Crippen LogP contribution in [-0.4, -0.2) is 0 Å². The molecular formula is C13H11F. The molecule has 0 aliphatic heterocycles. The zero-order valence-electron chi connectivity index (χ0n) is 8.00. The van der Waals surface area contributed by atoms with E-state index in [1.54, 1.807) is 6.07 Å². The number of hydrogen-bond acceptors (Lipinski definition) is 0. The van der Waals surface area contributed by atoms with Crippen molar-refractivity contribution in [3.05, 3.63) is 59.9 Å². The van der Waals surface area contributed by atoms with Crippen LogP contribution in [0, 0.1) is 12.7 Å². The molecule has 0 unspecified atom stereocenters. The van der Waals surface area contributed by atoms with E-state index in [0.29, 0.717) is 0 Å². The molecule has 2 aromatic rings. The van der Waals surface area contributed by atoms with Crippen molar-refractivity contribution in [3.63, 3.8) is 0 Å². The summed E-state index contributed by atoms with van der Waals surface area (Å²) in [5.74, 6) is -0.177. The van der Waals surface area contributed by atoms with E-state index in [0.717, 1.165) is 16.7 Å². The van der Waals surface area contributed by atoms with Crippen molar-refractivity contribution >= 4 is 0 Å². The topological polar surface area (TPSA) is 0 Å². The van der Waals surface area contributed by atoms with Gasteiger partial charge in [0.05, 0.1) is 0 Å². The fourth-order valence-corrected chi connectivity index (χ4v) is 1.53. The first-order valence-corrected chi connectivity index (χ1v) is 4.58. The molecule has 0 spiro atoms. The zero-order valence-corrected chi connectivity index (χ0v) is 8.00. The van der Waals surface area contributed by atoms with Crippen LogP contribution >= 0.6 is 0 Å². The average Bonchev–Trinajstić information content (AvgIpc) is 2.18. The summed E-state index contributed by atoms with van der Waals surface area (Å²) in [5, 5.41) is 0. The van der Waals surface area contributed by atoms with Crippen molar-refractivity contribution in [2.75, 3.05) is 0 Å². The Balaban J connectivity index is 2.52.